The molecule has 1 aromatic heterocycles. The fourth-order valence-electron chi connectivity index (χ4n) is 3.59. The number of ether oxygens (including phenoxy) is 1. The molecule has 1 aromatic rings. The van der Waals surface area contributed by atoms with E-state index < -0.39 is 11.6 Å². The molecule has 0 aromatic carbocycles. The summed E-state index contributed by atoms with van der Waals surface area (Å²) in [6.07, 6.45) is 2.17. The number of nitrogens with one attached hydrogen (secondary N) is 3. The quantitative estimate of drug-likeness (QED) is 0.686. The number of aromatic nitrogens is 1. The van der Waals surface area contributed by atoms with Crippen LogP contribution in [0.2, 0.25) is 0 Å². The van der Waals surface area contributed by atoms with Gasteiger partial charge in [0.25, 0.3) is 11.8 Å². The fourth-order valence-corrected chi connectivity index (χ4v) is 3.59. The van der Waals surface area contributed by atoms with E-state index in [9.17, 15) is 14.4 Å². The molecule has 2 fully saturated rings. The Bertz CT molecular complexity index is 721. The average Bonchev–Trinajstić information content (AvgIpc) is 3.09. The van der Waals surface area contributed by atoms with E-state index in [1.807, 2.05) is 13.8 Å². The zero-order valence-corrected chi connectivity index (χ0v) is 14.3. The molecule has 0 radical (unpaired) electrons. The third-order valence-corrected chi connectivity index (χ3v) is 4.82. The van der Waals surface area contributed by atoms with Crippen molar-refractivity contribution in [2.24, 2.45) is 5.92 Å². The molecule has 1 spiro atoms. The molecule has 2 atom stereocenters. The standard InChI is InChI=1S/C17H22N4O4/c1-3-25-14-12(7-6-10(2)19-14)13(22)18-9-11-5-4-8-17(11)15(23)20-16(24)21-17/h6-7,11H,3-5,8-9H2,1-2H3,(H,18,22)(H2,20,21,23,24). The fraction of sp³-hybridized carbons (Fsp3) is 0.529. The lowest BCUT2D eigenvalue weighted by molar-refractivity contribution is -0.125. The summed E-state index contributed by atoms with van der Waals surface area (Å²) in [5, 5.41) is 7.90. The Balaban J connectivity index is 1.70. The maximum atomic E-state index is 12.5. The number of carbonyl (C=O) groups excluding carboxylic acids is 3. The van der Waals surface area contributed by atoms with Crippen LogP contribution in [0.3, 0.4) is 0 Å². The van der Waals surface area contributed by atoms with Crippen LogP contribution in [0.1, 0.15) is 42.2 Å². The highest BCUT2D eigenvalue weighted by atomic mass is 16.5. The minimum absolute atomic E-state index is 0.142. The number of imide groups is 1. The molecule has 8 nitrogen and oxygen atoms in total. The predicted octanol–water partition coefficient (Wildman–Crippen LogP) is 0.897. The van der Waals surface area contributed by atoms with Crippen LogP contribution < -0.4 is 20.7 Å². The number of nitrogens with zero attached hydrogens (tertiary/aromatic N) is 1. The van der Waals surface area contributed by atoms with E-state index in [0.717, 1.165) is 18.5 Å². The Morgan fingerprint density at radius 3 is 2.92 bits per heavy atom. The first-order valence-corrected chi connectivity index (χ1v) is 8.48. The summed E-state index contributed by atoms with van der Waals surface area (Å²) < 4.78 is 5.44. The van der Waals surface area contributed by atoms with Gasteiger partial charge in [-0.15, -0.1) is 0 Å². The van der Waals surface area contributed by atoms with Crippen molar-refractivity contribution in [2.75, 3.05) is 13.2 Å². The lowest BCUT2D eigenvalue weighted by Crippen LogP contribution is -2.53. The molecule has 1 aliphatic carbocycles. The van der Waals surface area contributed by atoms with Gasteiger partial charge in [0.15, 0.2) is 0 Å². The van der Waals surface area contributed by atoms with Gasteiger partial charge >= 0.3 is 6.03 Å². The molecule has 3 N–H and O–H groups in total. The molecule has 8 heteroatoms. The highest BCUT2D eigenvalue weighted by Crippen LogP contribution is 2.37. The summed E-state index contributed by atoms with van der Waals surface area (Å²) in [6.45, 7) is 4.36. The first-order chi connectivity index (χ1) is 12.0. The summed E-state index contributed by atoms with van der Waals surface area (Å²) in [7, 11) is 0. The van der Waals surface area contributed by atoms with Crippen molar-refractivity contribution in [2.45, 2.75) is 38.6 Å². The summed E-state index contributed by atoms with van der Waals surface area (Å²) in [4.78, 5) is 40.5. The van der Waals surface area contributed by atoms with Crippen LogP contribution >= 0.6 is 0 Å². The van der Waals surface area contributed by atoms with Crippen LogP contribution in [0.5, 0.6) is 5.88 Å². The van der Waals surface area contributed by atoms with Gasteiger partial charge in [-0.25, -0.2) is 9.78 Å². The Labute approximate surface area is 145 Å². The number of amides is 4. The van der Waals surface area contributed by atoms with Crippen molar-refractivity contribution in [3.8, 4) is 5.88 Å². The molecule has 2 unspecified atom stereocenters. The number of hydrogen-bond acceptors (Lipinski definition) is 5. The Morgan fingerprint density at radius 1 is 1.44 bits per heavy atom. The van der Waals surface area contributed by atoms with Crippen LogP contribution in [0, 0.1) is 12.8 Å². The summed E-state index contributed by atoms with van der Waals surface area (Å²) >= 11 is 0. The molecule has 3 rings (SSSR count). The van der Waals surface area contributed by atoms with Crippen LogP contribution in [-0.4, -0.2) is 41.5 Å². The molecule has 1 aliphatic heterocycles. The first kappa shape index (κ1) is 17.2. The van der Waals surface area contributed by atoms with E-state index in [-0.39, 0.29) is 17.7 Å². The van der Waals surface area contributed by atoms with E-state index in [2.05, 4.69) is 20.9 Å². The van der Waals surface area contributed by atoms with Crippen LogP contribution in [-0.2, 0) is 4.79 Å². The maximum absolute atomic E-state index is 12.5. The van der Waals surface area contributed by atoms with Crippen molar-refractivity contribution in [3.63, 3.8) is 0 Å². The maximum Gasteiger partial charge on any atom is 0.322 e. The molecule has 2 aliphatic rings. The van der Waals surface area contributed by atoms with Crippen molar-refractivity contribution < 1.29 is 19.1 Å². The predicted molar refractivity (Wildman–Crippen MR) is 89.2 cm³/mol. The van der Waals surface area contributed by atoms with Crippen LogP contribution in [0.4, 0.5) is 4.79 Å². The topological polar surface area (TPSA) is 109 Å². The average molecular weight is 346 g/mol. The molecule has 25 heavy (non-hydrogen) atoms. The zero-order chi connectivity index (χ0) is 18.0. The molecule has 1 saturated carbocycles. The second-order valence-electron chi connectivity index (χ2n) is 6.42. The van der Waals surface area contributed by atoms with Gasteiger partial charge in [0.05, 0.1) is 6.61 Å². The molecule has 4 amide bonds. The number of carbonyl (C=O) groups is 3. The Kier molecular flexibility index (Phi) is 4.61. The molecule has 0 bridgehead atoms. The summed E-state index contributed by atoms with van der Waals surface area (Å²) in [5.74, 6) is -0.450. The van der Waals surface area contributed by atoms with E-state index >= 15 is 0 Å². The number of pyridine rings is 1. The SMILES string of the molecule is CCOc1nc(C)ccc1C(=O)NCC1CCCC12NC(=O)NC2=O. The van der Waals surface area contributed by atoms with Gasteiger partial charge in [-0.3, -0.25) is 14.9 Å². The minimum Gasteiger partial charge on any atom is -0.477 e. The van der Waals surface area contributed by atoms with Gasteiger partial charge in [-0.2, -0.15) is 0 Å². The minimum atomic E-state index is -0.904. The lowest BCUT2D eigenvalue weighted by atomic mass is 9.87. The Morgan fingerprint density at radius 2 is 2.24 bits per heavy atom. The van der Waals surface area contributed by atoms with E-state index in [1.54, 1.807) is 12.1 Å². The van der Waals surface area contributed by atoms with Crippen LogP contribution in [0.25, 0.3) is 0 Å². The largest absolute Gasteiger partial charge is 0.477 e. The highest BCUT2D eigenvalue weighted by molar-refractivity contribution is 6.07. The normalized spacial score (nSPS) is 25.0. The monoisotopic (exact) mass is 346 g/mol. The molecular formula is C17H22N4O4. The zero-order valence-electron chi connectivity index (χ0n) is 14.3. The molecule has 1 saturated heterocycles. The molecular weight excluding hydrogens is 324 g/mol. The third-order valence-electron chi connectivity index (χ3n) is 4.82. The second kappa shape index (κ2) is 6.70. The lowest BCUT2D eigenvalue weighted by Gasteiger charge is -2.28. The highest BCUT2D eigenvalue weighted by Gasteiger charge is 2.54. The molecule has 134 valence electrons. The van der Waals surface area contributed by atoms with Gasteiger partial charge in [0.2, 0.25) is 5.88 Å². The van der Waals surface area contributed by atoms with Crippen LogP contribution in [0.15, 0.2) is 12.1 Å². The Hall–Kier alpha value is -2.64. The molecule has 2 heterocycles. The number of urea groups is 1. The van der Waals surface area contributed by atoms with E-state index in [0.29, 0.717) is 31.0 Å². The van der Waals surface area contributed by atoms with Gasteiger partial charge < -0.3 is 15.4 Å². The van der Waals surface area contributed by atoms with Crippen molar-refractivity contribution in [1.29, 1.82) is 0 Å². The van der Waals surface area contributed by atoms with E-state index in [1.165, 1.54) is 0 Å². The second-order valence-corrected chi connectivity index (χ2v) is 6.42. The van der Waals surface area contributed by atoms with E-state index in [4.69, 9.17) is 4.74 Å². The van der Waals surface area contributed by atoms with Crippen molar-refractivity contribution >= 4 is 17.8 Å². The summed E-state index contributed by atoms with van der Waals surface area (Å²) in [6, 6.07) is 2.96. The number of aryl methyl sites for hydroxylation is 1. The number of hydrogen-bond donors (Lipinski definition) is 3. The van der Waals surface area contributed by atoms with Gasteiger partial charge in [-0.1, -0.05) is 6.42 Å². The van der Waals surface area contributed by atoms with Gasteiger partial charge in [0, 0.05) is 18.2 Å². The van der Waals surface area contributed by atoms with Gasteiger partial charge in [0.1, 0.15) is 11.1 Å². The third kappa shape index (κ3) is 3.16. The first-order valence-electron chi connectivity index (χ1n) is 8.48. The van der Waals surface area contributed by atoms with Gasteiger partial charge in [-0.05, 0) is 38.8 Å². The van der Waals surface area contributed by atoms with Crippen molar-refractivity contribution in [3.05, 3.63) is 23.4 Å². The smallest absolute Gasteiger partial charge is 0.322 e. The summed E-state index contributed by atoms with van der Waals surface area (Å²) in [5.41, 5.74) is 0.220. The van der Waals surface area contributed by atoms with Crippen molar-refractivity contribution in [1.82, 2.24) is 20.9 Å². The number of rotatable bonds is 5.